The van der Waals surface area contributed by atoms with E-state index in [2.05, 4.69) is 6.07 Å². The van der Waals surface area contributed by atoms with Gasteiger partial charge in [-0.25, -0.2) is 0 Å². The third kappa shape index (κ3) is 3.58. The summed E-state index contributed by atoms with van der Waals surface area (Å²) in [6, 6.07) is 9.07. The first-order chi connectivity index (χ1) is 8.20. The Kier molecular flexibility index (Phi) is 5.18. The average molecular weight is 232 g/mol. The maximum atomic E-state index is 11.8. The van der Waals surface area contributed by atoms with Crippen molar-refractivity contribution < 1.29 is 9.90 Å². The van der Waals surface area contributed by atoms with E-state index >= 15 is 0 Å². The van der Waals surface area contributed by atoms with Gasteiger partial charge in [-0.2, -0.15) is 5.26 Å². The molecule has 0 radical (unpaired) electrons. The van der Waals surface area contributed by atoms with E-state index in [1.807, 2.05) is 0 Å². The Labute approximate surface area is 101 Å². The Morgan fingerprint density at radius 3 is 2.76 bits per heavy atom. The van der Waals surface area contributed by atoms with E-state index in [0.29, 0.717) is 30.5 Å². The van der Waals surface area contributed by atoms with Gasteiger partial charge in [0.1, 0.15) is 6.07 Å². The number of unbranched alkanes of at least 4 members (excludes halogenated alkanes) is 1. The molecule has 0 bridgehead atoms. The number of aliphatic hydroxyl groups is 1. The SMILES string of the molecule is CN(C(=O)CCCCO)c1ccccc1C#N. The topological polar surface area (TPSA) is 64.3 Å². The van der Waals surface area contributed by atoms with Crippen LogP contribution in [-0.2, 0) is 4.79 Å². The molecule has 1 aromatic rings. The number of rotatable bonds is 5. The summed E-state index contributed by atoms with van der Waals surface area (Å²) in [6.45, 7) is 0.103. The van der Waals surface area contributed by atoms with Gasteiger partial charge < -0.3 is 10.0 Å². The Bertz CT molecular complexity index is 424. The molecule has 90 valence electrons. The van der Waals surface area contributed by atoms with Crippen molar-refractivity contribution in [3.05, 3.63) is 29.8 Å². The van der Waals surface area contributed by atoms with Gasteiger partial charge in [0, 0.05) is 20.1 Å². The first-order valence-electron chi connectivity index (χ1n) is 5.57. The number of carbonyl (C=O) groups excluding carboxylic acids is 1. The van der Waals surface area contributed by atoms with Crippen LogP contribution in [0.1, 0.15) is 24.8 Å². The van der Waals surface area contributed by atoms with Crippen LogP contribution in [0.5, 0.6) is 0 Å². The highest BCUT2D eigenvalue weighted by atomic mass is 16.3. The number of carbonyl (C=O) groups is 1. The highest BCUT2D eigenvalue weighted by molar-refractivity contribution is 5.94. The second kappa shape index (κ2) is 6.66. The van der Waals surface area contributed by atoms with Gasteiger partial charge in [-0.3, -0.25) is 4.79 Å². The zero-order chi connectivity index (χ0) is 12.7. The fourth-order valence-electron chi connectivity index (χ4n) is 1.55. The molecule has 0 saturated carbocycles. The zero-order valence-corrected chi connectivity index (χ0v) is 9.89. The Hall–Kier alpha value is -1.86. The lowest BCUT2D eigenvalue weighted by Crippen LogP contribution is -2.26. The molecule has 1 aromatic carbocycles. The highest BCUT2D eigenvalue weighted by Crippen LogP contribution is 2.19. The molecule has 0 aliphatic heterocycles. The summed E-state index contributed by atoms with van der Waals surface area (Å²) >= 11 is 0. The fraction of sp³-hybridized carbons (Fsp3) is 0.385. The van der Waals surface area contributed by atoms with Gasteiger partial charge in [-0.05, 0) is 25.0 Å². The van der Waals surface area contributed by atoms with Crippen LogP contribution in [-0.4, -0.2) is 24.7 Å². The van der Waals surface area contributed by atoms with Crippen LogP contribution in [0.4, 0.5) is 5.69 Å². The molecule has 0 aromatic heterocycles. The molecule has 4 heteroatoms. The normalized spacial score (nSPS) is 9.71. The quantitative estimate of drug-likeness (QED) is 0.785. The summed E-state index contributed by atoms with van der Waals surface area (Å²) in [7, 11) is 1.66. The van der Waals surface area contributed by atoms with Crippen LogP contribution in [0.15, 0.2) is 24.3 Å². The number of hydrogen-bond donors (Lipinski definition) is 1. The summed E-state index contributed by atoms with van der Waals surface area (Å²) in [5.41, 5.74) is 1.12. The fourth-order valence-corrected chi connectivity index (χ4v) is 1.55. The molecule has 1 rings (SSSR count). The smallest absolute Gasteiger partial charge is 0.226 e. The molecule has 0 fully saturated rings. The summed E-state index contributed by atoms with van der Waals surface area (Å²) in [5, 5.41) is 17.6. The number of nitriles is 1. The van der Waals surface area contributed by atoms with Gasteiger partial charge in [-0.15, -0.1) is 0 Å². The maximum Gasteiger partial charge on any atom is 0.226 e. The van der Waals surface area contributed by atoms with Crippen LogP contribution < -0.4 is 4.90 Å². The third-order valence-corrected chi connectivity index (χ3v) is 2.56. The second-order valence-corrected chi connectivity index (χ2v) is 3.76. The van der Waals surface area contributed by atoms with Gasteiger partial charge in [0.15, 0.2) is 0 Å². The molecule has 0 aliphatic carbocycles. The molecule has 1 amide bonds. The summed E-state index contributed by atoms with van der Waals surface area (Å²) in [4.78, 5) is 13.3. The monoisotopic (exact) mass is 232 g/mol. The summed E-state index contributed by atoms with van der Waals surface area (Å²) in [6.07, 6.45) is 1.67. The van der Waals surface area contributed by atoms with E-state index in [0.717, 1.165) is 0 Å². The molecule has 0 unspecified atom stereocenters. The minimum absolute atomic E-state index is 0.0406. The lowest BCUT2D eigenvalue weighted by Gasteiger charge is -2.18. The molecular formula is C13H16N2O2. The van der Waals surface area contributed by atoms with Crippen molar-refractivity contribution >= 4 is 11.6 Å². The van der Waals surface area contributed by atoms with E-state index in [-0.39, 0.29) is 12.5 Å². The molecule has 0 spiro atoms. The average Bonchev–Trinajstić information content (AvgIpc) is 2.38. The predicted molar refractivity (Wildman–Crippen MR) is 65.5 cm³/mol. The molecule has 1 N–H and O–H groups in total. The van der Waals surface area contributed by atoms with Crippen LogP contribution in [0.2, 0.25) is 0 Å². The number of anilines is 1. The lowest BCUT2D eigenvalue weighted by molar-refractivity contribution is -0.118. The predicted octanol–water partition coefficient (Wildman–Crippen LogP) is 1.68. The minimum Gasteiger partial charge on any atom is -0.396 e. The Morgan fingerprint density at radius 1 is 1.41 bits per heavy atom. The maximum absolute atomic E-state index is 11.8. The van der Waals surface area contributed by atoms with E-state index in [1.165, 1.54) is 4.90 Å². The number of para-hydroxylation sites is 1. The van der Waals surface area contributed by atoms with Gasteiger partial charge in [-0.1, -0.05) is 12.1 Å². The minimum atomic E-state index is -0.0406. The molecule has 0 aliphatic rings. The summed E-state index contributed by atoms with van der Waals surface area (Å²) in [5.74, 6) is -0.0406. The van der Waals surface area contributed by atoms with E-state index in [9.17, 15) is 4.79 Å². The zero-order valence-electron chi connectivity index (χ0n) is 9.89. The largest absolute Gasteiger partial charge is 0.396 e. The molecular weight excluding hydrogens is 216 g/mol. The van der Waals surface area contributed by atoms with E-state index in [1.54, 1.807) is 31.3 Å². The van der Waals surface area contributed by atoms with Crippen LogP contribution in [0, 0.1) is 11.3 Å². The van der Waals surface area contributed by atoms with Crippen molar-refractivity contribution in [2.45, 2.75) is 19.3 Å². The van der Waals surface area contributed by atoms with Crippen molar-refractivity contribution in [2.24, 2.45) is 0 Å². The molecule has 0 atom stereocenters. The first kappa shape index (κ1) is 13.2. The van der Waals surface area contributed by atoms with Crippen LogP contribution in [0.25, 0.3) is 0 Å². The van der Waals surface area contributed by atoms with E-state index < -0.39 is 0 Å². The standard InChI is InChI=1S/C13H16N2O2/c1-15(13(17)8-4-5-9-16)12-7-3-2-6-11(12)10-14/h2-3,6-7,16H,4-5,8-9H2,1H3. The van der Waals surface area contributed by atoms with Crippen molar-refractivity contribution in [3.8, 4) is 6.07 Å². The number of hydrogen-bond acceptors (Lipinski definition) is 3. The van der Waals surface area contributed by atoms with Gasteiger partial charge >= 0.3 is 0 Å². The lowest BCUT2D eigenvalue weighted by atomic mass is 10.1. The van der Waals surface area contributed by atoms with Crippen molar-refractivity contribution in [1.82, 2.24) is 0 Å². The van der Waals surface area contributed by atoms with Crippen molar-refractivity contribution in [3.63, 3.8) is 0 Å². The van der Waals surface area contributed by atoms with Crippen molar-refractivity contribution in [2.75, 3.05) is 18.6 Å². The number of amides is 1. The highest BCUT2D eigenvalue weighted by Gasteiger charge is 2.13. The Balaban J connectivity index is 2.72. The van der Waals surface area contributed by atoms with E-state index in [4.69, 9.17) is 10.4 Å². The number of nitrogens with zero attached hydrogens (tertiary/aromatic N) is 2. The van der Waals surface area contributed by atoms with Gasteiger partial charge in [0.2, 0.25) is 5.91 Å². The molecule has 0 heterocycles. The first-order valence-corrected chi connectivity index (χ1v) is 5.57. The third-order valence-electron chi connectivity index (χ3n) is 2.56. The van der Waals surface area contributed by atoms with Crippen LogP contribution >= 0.6 is 0 Å². The molecule has 4 nitrogen and oxygen atoms in total. The van der Waals surface area contributed by atoms with Gasteiger partial charge in [0.25, 0.3) is 0 Å². The molecule has 17 heavy (non-hydrogen) atoms. The number of benzene rings is 1. The summed E-state index contributed by atoms with van der Waals surface area (Å²) < 4.78 is 0. The second-order valence-electron chi connectivity index (χ2n) is 3.76. The Morgan fingerprint density at radius 2 is 2.12 bits per heavy atom. The van der Waals surface area contributed by atoms with Crippen molar-refractivity contribution in [1.29, 1.82) is 5.26 Å². The van der Waals surface area contributed by atoms with Crippen LogP contribution in [0.3, 0.4) is 0 Å². The molecule has 0 saturated heterocycles. The van der Waals surface area contributed by atoms with Gasteiger partial charge in [0.05, 0.1) is 11.3 Å². The number of aliphatic hydroxyl groups excluding tert-OH is 1.